The highest BCUT2D eigenvalue weighted by Crippen LogP contribution is 2.11. The quantitative estimate of drug-likeness (QED) is 0.675. The third-order valence-electron chi connectivity index (χ3n) is 2.41. The molecule has 0 aromatic carbocycles. The van der Waals surface area contributed by atoms with Gasteiger partial charge in [-0.2, -0.15) is 0 Å². The zero-order valence-corrected chi connectivity index (χ0v) is 11.0. The molecule has 0 saturated heterocycles. The third kappa shape index (κ3) is 6.94. The molecule has 0 heterocycles. The van der Waals surface area contributed by atoms with E-state index in [-0.39, 0.29) is 18.4 Å². The number of hydrogen-bond acceptors (Lipinski definition) is 3. The number of carboxylic acid groups (broad SMARTS) is 1. The van der Waals surface area contributed by atoms with Gasteiger partial charge in [0.05, 0.1) is 5.92 Å². The van der Waals surface area contributed by atoms with Gasteiger partial charge in [0.2, 0.25) is 5.91 Å². The normalized spacial score (nSPS) is 14.4. The molecule has 0 spiro atoms. The standard InChI is InChI=1S/C12H23NO4/c1-5-17-9(4)11(14)13-7-10(12(15)16)6-8(2)3/h8-10H,5-7H2,1-4H3,(H,13,14)(H,15,16). The van der Waals surface area contributed by atoms with Gasteiger partial charge in [-0.3, -0.25) is 9.59 Å². The maximum absolute atomic E-state index is 11.5. The summed E-state index contributed by atoms with van der Waals surface area (Å²) in [4.78, 5) is 22.5. The van der Waals surface area contributed by atoms with Crippen molar-refractivity contribution in [3.63, 3.8) is 0 Å². The lowest BCUT2D eigenvalue weighted by Crippen LogP contribution is -2.39. The van der Waals surface area contributed by atoms with Crippen molar-refractivity contribution in [3.8, 4) is 0 Å². The Morgan fingerprint density at radius 1 is 1.29 bits per heavy atom. The summed E-state index contributed by atoms with van der Waals surface area (Å²) in [6.45, 7) is 7.99. The zero-order valence-electron chi connectivity index (χ0n) is 11.0. The molecule has 2 atom stereocenters. The Bertz CT molecular complexity index is 253. The number of ether oxygens (including phenoxy) is 1. The molecule has 5 heteroatoms. The van der Waals surface area contributed by atoms with Crippen molar-refractivity contribution >= 4 is 11.9 Å². The van der Waals surface area contributed by atoms with E-state index in [0.717, 1.165) is 0 Å². The molecule has 0 aliphatic heterocycles. The molecule has 2 unspecified atom stereocenters. The molecule has 0 saturated carbocycles. The molecule has 0 bridgehead atoms. The van der Waals surface area contributed by atoms with Crippen LogP contribution in [0.5, 0.6) is 0 Å². The van der Waals surface area contributed by atoms with Gasteiger partial charge in [0.15, 0.2) is 0 Å². The molecule has 0 radical (unpaired) electrons. The summed E-state index contributed by atoms with van der Waals surface area (Å²) in [6, 6.07) is 0. The van der Waals surface area contributed by atoms with Gasteiger partial charge in [0.25, 0.3) is 0 Å². The van der Waals surface area contributed by atoms with Gasteiger partial charge in [0, 0.05) is 13.2 Å². The van der Waals surface area contributed by atoms with E-state index in [4.69, 9.17) is 9.84 Å². The second-order valence-electron chi connectivity index (χ2n) is 4.51. The molecule has 0 aliphatic carbocycles. The van der Waals surface area contributed by atoms with E-state index in [1.165, 1.54) is 0 Å². The minimum atomic E-state index is -0.872. The molecule has 5 nitrogen and oxygen atoms in total. The van der Waals surface area contributed by atoms with Crippen LogP contribution in [-0.4, -0.2) is 36.2 Å². The van der Waals surface area contributed by atoms with Crippen LogP contribution in [0.25, 0.3) is 0 Å². The second-order valence-corrected chi connectivity index (χ2v) is 4.51. The predicted molar refractivity (Wildman–Crippen MR) is 64.7 cm³/mol. The predicted octanol–water partition coefficient (Wildman–Crippen LogP) is 1.27. The second kappa shape index (κ2) is 8.06. The maximum Gasteiger partial charge on any atom is 0.308 e. The minimum absolute atomic E-state index is 0.157. The van der Waals surface area contributed by atoms with E-state index >= 15 is 0 Å². The molecule has 0 aliphatic rings. The molecule has 0 fully saturated rings. The van der Waals surface area contributed by atoms with Crippen LogP contribution in [0.2, 0.25) is 0 Å². The van der Waals surface area contributed by atoms with Crippen molar-refractivity contribution in [1.82, 2.24) is 5.32 Å². The lowest BCUT2D eigenvalue weighted by molar-refractivity contribution is -0.142. The van der Waals surface area contributed by atoms with E-state index in [0.29, 0.717) is 13.0 Å². The van der Waals surface area contributed by atoms with Gasteiger partial charge in [-0.1, -0.05) is 13.8 Å². The van der Waals surface area contributed by atoms with Crippen molar-refractivity contribution in [1.29, 1.82) is 0 Å². The fraction of sp³-hybridized carbons (Fsp3) is 0.833. The molecule has 0 aromatic heterocycles. The van der Waals surface area contributed by atoms with E-state index in [2.05, 4.69) is 5.32 Å². The highest BCUT2D eigenvalue weighted by atomic mass is 16.5. The first-order valence-electron chi connectivity index (χ1n) is 6.00. The van der Waals surface area contributed by atoms with Gasteiger partial charge in [-0.05, 0) is 26.2 Å². The summed E-state index contributed by atoms with van der Waals surface area (Å²) >= 11 is 0. The Hall–Kier alpha value is -1.10. The summed E-state index contributed by atoms with van der Waals surface area (Å²) in [6.07, 6.45) is 0.0204. The number of carboxylic acids is 1. The van der Waals surface area contributed by atoms with Gasteiger partial charge in [-0.25, -0.2) is 0 Å². The molecule has 100 valence electrons. The fourth-order valence-electron chi connectivity index (χ4n) is 1.53. The lowest BCUT2D eigenvalue weighted by Gasteiger charge is -2.17. The topological polar surface area (TPSA) is 75.6 Å². The number of aliphatic carboxylic acids is 1. The minimum Gasteiger partial charge on any atom is -0.481 e. The Morgan fingerprint density at radius 2 is 1.88 bits per heavy atom. The Balaban J connectivity index is 4.12. The molecule has 17 heavy (non-hydrogen) atoms. The van der Waals surface area contributed by atoms with Crippen LogP contribution in [0.3, 0.4) is 0 Å². The molecule has 1 amide bonds. The summed E-state index contributed by atoms with van der Waals surface area (Å²) < 4.78 is 5.12. The van der Waals surface area contributed by atoms with Crippen molar-refractivity contribution in [2.75, 3.05) is 13.2 Å². The van der Waals surface area contributed by atoms with Crippen LogP contribution in [0.4, 0.5) is 0 Å². The van der Waals surface area contributed by atoms with E-state index in [9.17, 15) is 9.59 Å². The van der Waals surface area contributed by atoms with Crippen LogP contribution in [0.1, 0.15) is 34.1 Å². The number of carbonyl (C=O) groups is 2. The van der Waals surface area contributed by atoms with Crippen molar-refractivity contribution in [3.05, 3.63) is 0 Å². The largest absolute Gasteiger partial charge is 0.481 e. The average Bonchev–Trinajstić information content (AvgIpc) is 2.23. The molecule has 2 N–H and O–H groups in total. The molecular weight excluding hydrogens is 222 g/mol. The Labute approximate surface area is 103 Å². The van der Waals surface area contributed by atoms with Gasteiger partial charge < -0.3 is 15.2 Å². The van der Waals surface area contributed by atoms with Gasteiger partial charge in [0.1, 0.15) is 6.10 Å². The van der Waals surface area contributed by atoms with Crippen LogP contribution < -0.4 is 5.32 Å². The fourth-order valence-corrected chi connectivity index (χ4v) is 1.53. The number of nitrogens with one attached hydrogen (secondary N) is 1. The van der Waals surface area contributed by atoms with E-state index in [1.54, 1.807) is 6.92 Å². The lowest BCUT2D eigenvalue weighted by atomic mass is 9.97. The first kappa shape index (κ1) is 15.9. The Kier molecular flexibility index (Phi) is 7.54. The molecule has 0 aromatic rings. The van der Waals surface area contributed by atoms with Crippen LogP contribution in [-0.2, 0) is 14.3 Å². The van der Waals surface area contributed by atoms with Crippen LogP contribution in [0.15, 0.2) is 0 Å². The highest BCUT2D eigenvalue weighted by Gasteiger charge is 2.21. The number of hydrogen-bond donors (Lipinski definition) is 2. The highest BCUT2D eigenvalue weighted by molar-refractivity contribution is 5.81. The van der Waals surface area contributed by atoms with Gasteiger partial charge in [-0.15, -0.1) is 0 Å². The van der Waals surface area contributed by atoms with Crippen molar-refractivity contribution in [2.24, 2.45) is 11.8 Å². The number of carbonyl (C=O) groups excluding carboxylic acids is 1. The zero-order chi connectivity index (χ0) is 13.4. The first-order valence-corrected chi connectivity index (χ1v) is 6.00. The summed E-state index contributed by atoms with van der Waals surface area (Å²) in [7, 11) is 0. The van der Waals surface area contributed by atoms with Crippen molar-refractivity contribution in [2.45, 2.75) is 40.2 Å². The Morgan fingerprint density at radius 3 is 2.29 bits per heavy atom. The molecular formula is C12H23NO4. The first-order chi connectivity index (χ1) is 7.88. The average molecular weight is 245 g/mol. The smallest absolute Gasteiger partial charge is 0.308 e. The van der Waals surface area contributed by atoms with E-state index in [1.807, 2.05) is 20.8 Å². The van der Waals surface area contributed by atoms with Crippen LogP contribution in [0, 0.1) is 11.8 Å². The maximum atomic E-state index is 11.5. The SMILES string of the molecule is CCOC(C)C(=O)NCC(CC(C)C)C(=O)O. The van der Waals surface area contributed by atoms with Gasteiger partial charge >= 0.3 is 5.97 Å². The molecule has 0 rings (SSSR count). The summed E-state index contributed by atoms with van der Waals surface area (Å²) in [5, 5.41) is 11.6. The third-order valence-corrected chi connectivity index (χ3v) is 2.41. The monoisotopic (exact) mass is 245 g/mol. The number of amides is 1. The van der Waals surface area contributed by atoms with E-state index < -0.39 is 18.0 Å². The summed E-state index contributed by atoms with van der Waals surface area (Å²) in [5.41, 5.74) is 0. The van der Waals surface area contributed by atoms with Crippen molar-refractivity contribution < 1.29 is 19.4 Å². The van der Waals surface area contributed by atoms with Crippen LogP contribution >= 0.6 is 0 Å². The number of rotatable bonds is 8. The summed E-state index contributed by atoms with van der Waals surface area (Å²) in [5.74, 6) is -1.38.